The van der Waals surface area contributed by atoms with Gasteiger partial charge in [0.05, 0.1) is 21.6 Å². The minimum atomic E-state index is 0.480. The van der Waals surface area contributed by atoms with Crippen molar-refractivity contribution >= 4 is 45.8 Å². The van der Waals surface area contributed by atoms with Crippen molar-refractivity contribution in [2.24, 2.45) is 0 Å². The van der Waals surface area contributed by atoms with E-state index in [9.17, 15) is 0 Å². The minimum Gasteiger partial charge on any atom is -0.458 e. The summed E-state index contributed by atoms with van der Waals surface area (Å²) in [7, 11) is 1.89. The minimum absolute atomic E-state index is 0.480. The van der Waals surface area contributed by atoms with Gasteiger partial charge in [0.2, 0.25) is 0 Å². The second-order valence-corrected chi connectivity index (χ2v) is 5.79. The van der Waals surface area contributed by atoms with Gasteiger partial charge >= 0.3 is 0 Å². The summed E-state index contributed by atoms with van der Waals surface area (Å²) in [4.78, 5) is 0. The van der Waals surface area contributed by atoms with Crippen LogP contribution in [0.3, 0.4) is 0 Å². The van der Waals surface area contributed by atoms with E-state index >= 15 is 0 Å². The lowest BCUT2D eigenvalue weighted by Gasteiger charge is -2.02. The molecule has 1 aliphatic rings. The molecule has 1 aromatic heterocycles. The average molecular weight is 305 g/mol. The molecule has 96 valence electrons. The molecule has 1 aromatic carbocycles. The first kappa shape index (κ1) is 12.6. The Morgan fingerprint density at radius 3 is 2.61 bits per heavy atom. The Kier molecular flexibility index (Phi) is 3.23. The van der Waals surface area contributed by atoms with Crippen molar-refractivity contribution in [1.82, 2.24) is 5.32 Å². The summed E-state index contributed by atoms with van der Waals surface area (Å²) in [5.41, 5.74) is 1.83. The van der Waals surface area contributed by atoms with Crippen molar-refractivity contribution in [3.8, 4) is 0 Å². The maximum atomic E-state index is 6.32. The number of hydrogen-bond acceptors (Lipinski definition) is 2. The fourth-order valence-electron chi connectivity index (χ4n) is 2.33. The summed E-state index contributed by atoms with van der Waals surface area (Å²) in [5.74, 6) is 1.45. The first-order valence-electron chi connectivity index (χ1n) is 5.86. The molecule has 1 aliphatic carbocycles. The van der Waals surface area contributed by atoms with E-state index in [2.05, 4.69) is 5.32 Å². The maximum Gasteiger partial charge on any atom is 0.154 e. The third-order valence-electron chi connectivity index (χ3n) is 3.24. The molecule has 18 heavy (non-hydrogen) atoms. The summed E-state index contributed by atoms with van der Waals surface area (Å²) >= 11 is 18.6. The van der Waals surface area contributed by atoms with Crippen LogP contribution in [0.4, 0.5) is 0 Å². The fraction of sp³-hybridized carbons (Fsp3) is 0.385. The normalized spacial score (nSPS) is 15.6. The lowest BCUT2D eigenvalue weighted by Crippen LogP contribution is -2.05. The van der Waals surface area contributed by atoms with Gasteiger partial charge in [-0.1, -0.05) is 34.8 Å². The molecule has 3 rings (SSSR count). The molecule has 0 atom stereocenters. The summed E-state index contributed by atoms with van der Waals surface area (Å²) in [6.07, 6.45) is 2.34. The number of hydrogen-bond donors (Lipinski definition) is 1. The Bertz CT molecular complexity index is 616. The standard InChI is InChI=1S/C13H12Cl3NO/c1-17-5-9-10(6-2-3-6)11-12(16)7(14)4-8(15)13(11)18-9/h4,6,17H,2-3,5H2,1H3. The number of nitrogens with one attached hydrogen (secondary N) is 1. The topological polar surface area (TPSA) is 25.2 Å². The Labute approximate surface area is 120 Å². The number of furan rings is 1. The van der Waals surface area contributed by atoms with Crippen LogP contribution in [0.1, 0.15) is 30.1 Å². The van der Waals surface area contributed by atoms with E-state index in [1.165, 1.54) is 18.4 Å². The summed E-state index contributed by atoms with van der Waals surface area (Å²) in [6.45, 7) is 0.671. The SMILES string of the molecule is CNCc1oc2c(Cl)cc(Cl)c(Cl)c2c1C1CC1. The Hall–Kier alpha value is -0.410. The second-order valence-electron chi connectivity index (χ2n) is 4.60. The monoisotopic (exact) mass is 303 g/mol. The second kappa shape index (κ2) is 4.61. The van der Waals surface area contributed by atoms with E-state index < -0.39 is 0 Å². The molecular weight excluding hydrogens is 293 g/mol. The Balaban J connectivity index is 2.34. The van der Waals surface area contributed by atoms with Crippen LogP contribution in [0.5, 0.6) is 0 Å². The van der Waals surface area contributed by atoms with Crippen LogP contribution < -0.4 is 5.32 Å². The van der Waals surface area contributed by atoms with Gasteiger partial charge in [0.25, 0.3) is 0 Å². The Morgan fingerprint density at radius 1 is 1.28 bits per heavy atom. The van der Waals surface area contributed by atoms with Crippen molar-refractivity contribution in [1.29, 1.82) is 0 Å². The fourth-order valence-corrected chi connectivity index (χ4v) is 3.08. The Morgan fingerprint density at radius 2 is 2.00 bits per heavy atom. The highest BCUT2D eigenvalue weighted by Gasteiger charge is 2.32. The van der Waals surface area contributed by atoms with Gasteiger partial charge in [-0.2, -0.15) is 0 Å². The highest BCUT2D eigenvalue weighted by atomic mass is 35.5. The quantitative estimate of drug-likeness (QED) is 0.808. The molecule has 5 heteroatoms. The van der Waals surface area contributed by atoms with Crippen LogP contribution in [0, 0.1) is 0 Å². The molecule has 2 aromatic rings. The highest BCUT2D eigenvalue weighted by Crippen LogP contribution is 2.50. The molecule has 0 bridgehead atoms. The van der Waals surface area contributed by atoms with Gasteiger partial charge in [-0.25, -0.2) is 0 Å². The van der Waals surface area contributed by atoms with Crippen LogP contribution >= 0.6 is 34.8 Å². The lowest BCUT2D eigenvalue weighted by atomic mass is 10.1. The highest BCUT2D eigenvalue weighted by molar-refractivity contribution is 6.47. The van der Waals surface area contributed by atoms with Gasteiger partial charge < -0.3 is 9.73 Å². The van der Waals surface area contributed by atoms with Crippen LogP contribution in [-0.2, 0) is 6.54 Å². The van der Waals surface area contributed by atoms with E-state index in [1.807, 2.05) is 7.05 Å². The lowest BCUT2D eigenvalue weighted by molar-refractivity contribution is 0.524. The number of fused-ring (bicyclic) bond motifs is 1. The zero-order chi connectivity index (χ0) is 12.9. The number of rotatable bonds is 3. The van der Waals surface area contributed by atoms with Crippen molar-refractivity contribution < 1.29 is 4.42 Å². The van der Waals surface area contributed by atoms with E-state index in [1.54, 1.807) is 6.07 Å². The van der Waals surface area contributed by atoms with Crippen LogP contribution in [0.25, 0.3) is 11.0 Å². The summed E-state index contributed by atoms with van der Waals surface area (Å²) < 4.78 is 5.87. The van der Waals surface area contributed by atoms with Crippen LogP contribution in [0.15, 0.2) is 10.5 Å². The van der Waals surface area contributed by atoms with Crippen LogP contribution in [0.2, 0.25) is 15.1 Å². The molecule has 1 saturated carbocycles. The molecule has 0 amide bonds. The first-order valence-corrected chi connectivity index (χ1v) is 7.00. The van der Waals surface area contributed by atoms with Crippen molar-refractivity contribution in [2.45, 2.75) is 25.3 Å². The van der Waals surface area contributed by atoms with Gasteiger partial charge in [-0.05, 0) is 31.9 Å². The molecule has 0 unspecified atom stereocenters. The van der Waals surface area contributed by atoms with Gasteiger partial charge in [-0.15, -0.1) is 0 Å². The largest absolute Gasteiger partial charge is 0.458 e. The zero-order valence-corrected chi connectivity index (χ0v) is 12.1. The van der Waals surface area contributed by atoms with Gasteiger partial charge in [-0.3, -0.25) is 0 Å². The molecule has 2 nitrogen and oxygen atoms in total. The molecule has 0 radical (unpaired) electrons. The maximum absolute atomic E-state index is 6.32. The van der Waals surface area contributed by atoms with Crippen molar-refractivity contribution in [2.75, 3.05) is 7.05 Å². The summed E-state index contributed by atoms with van der Waals surface area (Å²) in [6, 6.07) is 1.64. The molecule has 1 fully saturated rings. The van der Waals surface area contributed by atoms with Gasteiger partial charge in [0.1, 0.15) is 5.76 Å². The third kappa shape index (κ3) is 1.92. The summed E-state index contributed by atoms with van der Waals surface area (Å²) in [5, 5.41) is 5.54. The van der Waals surface area contributed by atoms with Gasteiger partial charge in [0.15, 0.2) is 5.58 Å². The molecular formula is C13H12Cl3NO. The van der Waals surface area contributed by atoms with Crippen molar-refractivity contribution in [3.05, 3.63) is 32.5 Å². The smallest absolute Gasteiger partial charge is 0.154 e. The van der Waals surface area contributed by atoms with E-state index in [0.717, 1.165) is 11.1 Å². The number of halogens is 3. The molecule has 0 spiro atoms. The van der Waals surface area contributed by atoms with Crippen molar-refractivity contribution in [3.63, 3.8) is 0 Å². The predicted molar refractivity (Wildman–Crippen MR) is 76.0 cm³/mol. The number of benzene rings is 1. The average Bonchev–Trinajstić information content (AvgIpc) is 3.09. The van der Waals surface area contributed by atoms with Gasteiger partial charge in [0, 0.05) is 10.9 Å². The first-order chi connectivity index (χ1) is 8.63. The molecule has 0 saturated heterocycles. The molecule has 0 aliphatic heterocycles. The van der Waals surface area contributed by atoms with Crippen LogP contribution in [-0.4, -0.2) is 7.05 Å². The predicted octanol–water partition coefficient (Wildman–Crippen LogP) is 4.99. The third-order valence-corrected chi connectivity index (χ3v) is 4.31. The molecule has 1 N–H and O–H groups in total. The molecule has 1 heterocycles. The van der Waals surface area contributed by atoms with E-state index in [0.29, 0.717) is 33.1 Å². The van der Waals surface area contributed by atoms with E-state index in [4.69, 9.17) is 39.2 Å². The van der Waals surface area contributed by atoms with E-state index in [-0.39, 0.29) is 0 Å². The zero-order valence-electron chi connectivity index (χ0n) is 9.82.